The molecule has 2 N–H and O–H groups in total. The van der Waals surface area contributed by atoms with Crippen LogP contribution in [0.15, 0.2) is 0 Å². The number of hydrogen-bond donors (Lipinski definition) is 2. The largest absolute Gasteiger partial charge is 0.351 e. The summed E-state index contributed by atoms with van der Waals surface area (Å²) >= 11 is 1.57. The van der Waals surface area contributed by atoms with Crippen molar-refractivity contribution in [2.45, 2.75) is 19.4 Å². The Morgan fingerprint density at radius 3 is 3.00 bits per heavy atom. The van der Waals surface area contributed by atoms with E-state index < -0.39 is 0 Å². The van der Waals surface area contributed by atoms with Crippen molar-refractivity contribution in [1.82, 2.24) is 15.5 Å². The number of halogens is 1. The third-order valence-electron chi connectivity index (χ3n) is 3.29. The number of nitrogens with zero attached hydrogens (tertiary/aromatic N) is 1. The smallest absolute Gasteiger partial charge is 0.239 e. The number of rotatable bonds is 3. The number of carbonyl (C=O) groups is 2. The van der Waals surface area contributed by atoms with Gasteiger partial charge in [0.2, 0.25) is 11.8 Å². The van der Waals surface area contributed by atoms with Gasteiger partial charge in [0.25, 0.3) is 0 Å². The van der Waals surface area contributed by atoms with E-state index in [-0.39, 0.29) is 36.8 Å². The second-order valence-electron chi connectivity index (χ2n) is 4.71. The maximum absolute atomic E-state index is 11.8. The Labute approximate surface area is 118 Å². The lowest BCUT2D eigenvalue weighted by Gasteiger charge is -2.30. The first-order valence-electron chi connectivity index (χ1n) is 6.02. The third-order valence-corrected chi connectivity index (χ3v) is 4.24. The molecule has 0 aromatic rings. The SMILES string of the molecule is CC1CNCCC1NC(=O)CN1CSCC1=O.Cl. The number of carbonyl (C=O) groups excluding carboxylic acids is 2. The zero-order chi connectivity index (χ0) is 12.3. The Morgan fingerprint density at radius 1 is 1.61 bits per heavy atom. The fraction of sp³-hybridized carbons (Fsp3) is 0.818. The summed E-state index contributed by atoms with van der Waals surface area (Å²) in [6, 6.07) is 0.245. The van der Waals surface area contributed by atoms with E-state index in [2.05, 4.69) is 17.6 Å². The lowest BCUT2D eigenvalue weighted by atomic mass is 9.95. The molecule has 2 aliphatic rings. The molecule has 0 radical (unpaired) electrons. The molecule has 0 spiro atoms. The molecule has 2 rings (SSSR count). The lowest BCUT2D eigenvalue weighted by Crippen LogP contribution is -2.50. The first-order chi connectivity index (χ1) is 8.16. The lowest BCUT2D eigenvalue weighted by molar-refractivity contribution is -0.132. The number of thioether (sulfide) groups is 1. The van der Waals surface area contributed by atoms with Gasteiger partial charge in [-0.25, -0.2) is 0 Å². The molecule has 2 unspecified atom stereocenters. The van der Waals surface area contributed by atoms with Crippen LogP contribution in [0.5, 0.6) is 0 Å². The molecule has 2 atom stereocenters. The predicted octanol–water partition coefficient (Wildman–Crippen LogP) is 0.0553. The quantitative estimate of drug-likeness (QED) is 0.772. The van der Waals surface area contributed by atoms with Gasteiger partial charge in [-0.05, 0) is 25.4 Å². The number of hydrogen-bond acceptors (Lipinski definition) is 4. The third kappa shape index (κ3) is 4.03. The molecule has 0 saturated carbocycles. The van der Waals surface area contributed by atoms with Crippen LogP contribution in [0.25, 0.3) is 0 Å². The minimum Gasteiger partial charge on any atom is -0.351 e. The molecule has 0 aromatic carbocycles. The van der Waals surface area contributed by atoms with Crippen molar-refractivity contribution in [2.75, 3.05) is 31.3 Å². The Morgan fingerprint density at radius 2 is 2.39 bits per heavy atom. The molecule has 0 aromatic heterocycles. The van der Waals surface area contributed by atoms with Crippen LogP contribution in [-0.2, 0) is 9.59 Å². The van der Waals surface area contributed by atoms with E-state index in [1.807, 2.05) is 0 Å². The van der Waals surface area contributed by atoms with Crippen LogP contribution in [0.2, 0.25) is 0 Å². The minimum absolute atomic E-state index is 0. The van der Waals surface area contributed by atoms with Crippen LogP contribution < -0.4 is 10.6 Å². The fourth-order valence-electron chi connectivity index (χ4n) is 2.19. The molecule has 7 heteroatoms. The number of amides is 2. The highest BCUT2D eigenvalue weighted by Gasteiger charge is 2.26. The van der Waals surface area contributed by atoms with Crippen molar-refractivity contribution in [3.05, 3.63) is 0 Å². The van der Waals surface area contributed by atoms with Gasteiger partial charge in [0, 0.05) is 6.04 Å². The van der Waals surface area contributed by atoms with Crippen LogP contribution in [-0.4, -0.2) is 54.0 Å². The summed E-state index contributed by atoms with van der Waals surface area (Å²) in [6.07, 6.45) is 0.968. The van der Waals surface area contributed by atoms with Gasteiger partial charge in [-0.3, -0.25) is 9.59 Å². The first-order valence-corrected chi connectivity index (χ1v) is 7.18. The highest BCUT2D eigenvalue weighted by molar-refractivity contribution is 8.00. The van der Waals surface area contributed by atoms with Gasteiger partial charge < -0.3 is 15.5 Å². The normalized spacial score (nSPS) is 27.8. The van der Waals surface area contributed by atoms with Gasteiger partial charge in [-0.15, -0.1) is 24.2 Å². The molecule has 2 aliphatic heterocycles. The Bertz CT molecular complexity index is 317. The van der Waals surface area contributed by atoms with Gasteiger partial charge in [-0.1, -0.05) is 6.92 Å². The number of nitrogens with one attached hydrogen (secondary N) is 2. The second-order valence-corrected chi connectivity index (χ2v) is 5.67. The van der Waals surface area contributed by atoms with Crippen LogP contribution in [0.1, 0.15) is 13.3 Å². The van der Waals surface area contributed by atoms with Crippen LogP contribution in [0, 0.1) is 5.92 Å². The zero-order valence-electron chi connectivity index (χ0n) is 10.5. The van der Waals surface area contributed by atoms with E-state index in [1.165, 1.54) is 0 Å². The maximum Gasteiger partial charge on any atom is 0.239 e. The van der Waals surface area contributed by atoms with Crippen LogP contribution in [0.4, 0.5) is 0 Å². The summed E-state index contributed by atoms with van der Waals surface area (Å²) in [6.45, 7) is 4.24. The Hall–Kier alpha value is -0.460. The summed E-state index contributed by atoms with van der Waals surface area (Å²) in [7, 11) is 0. The molecule has 2 heterocycles. The maximum atomic E-state index is 11.8. The highest BCUT2D eigenvalue weighted by atomic mass is 35.5. The monoisotopic (exact) mass is 293 g/mol. The van der Waals surface area contributed by atoms with Crippen molar-refractivity contribution < 1.29 is 9.59 Å². The molecule has 2 saturated heterocycles. The molecule has 2 fully saturated rings. The first kappa shape index (κ1) is 15.6. The van der Waals surface area contributed by atoms with Crippen molar-refractivity contribution in [3.63, 3.8) is 0 Å². The van der Waals surface area contributed by atoms with Crippen molar-refractivity contribution in [1.29, 1.82) is 0 Å². The molecule has 0 aliphatic carbocycles. The van der Waals surface area contributed by atoms with E-state index in [4.69, 9.17) is 0 Å². The van der Waals surface area contributed by atoms with E-state index in [1.54, 1.807) is 16.7 Å². The van der Waals surface area contributed by atoms with E-state index in [0.29, 0.717) is 17.5 Å². The molecule has 104 valence electrons. The number of piperidine rings is 1. The molecule has 18 heavy (non-hydrogen) atoms. The summed E-state index contributed by atoms with van der Waals surface area (Å²) in [5.74, 6) is 1.66. The summed E-state index contributed by atoms with van der Waals surface area (Å²) in [4.78, 5) is 24.8. The van der Waals surface area contributed by atoms with Crippen LogP contribution >= 0.6 is 24.2 Å². The topological polar surface area (TPSA) is 61.4 Å². The van der Waals surface area contributed by atoms with Crippen molar-refractivity contribution >= 4 is 36.0 Å². The molecular weight excluding hydrogens is 274 g/mol. The highest BCUT2D eigenvalue weighted by Crippen LogP contribution is 2.14. The van der Waals surface area contributed by atoms with Crippen LogP contribution in [0.3, 0.4) is 0 Å². The van der Waals surface area contributed by atoms with Gasteiger partial charge >= 0.3 is 0 Å². The zero-order valence-corrected chi connectivity index (χ0v) is 12.1. The van der Waals surface area contributed by atoms with E-state index in [0.717, 1.165) is 19.5 Å². The van der Waals surface area contributed by atoms with E-state index >= 15 is 0 Å². The summed E-state index contributed by atoms with van der Waals surface area (Å²) < 4.78 is 0. The Kier molecular flexibility index (Phi) is 6.25. The minimum atomic E-state index is -0.0281. The fourth-order valence-corrected chi connectivity index (χ4v) is 3.10. The van der Waals surface area contributed by atoms with Gasteiger partial charge in [0.1, 0.15) is 6.54 Å². The average molecular weight is 294 g/mol. The summed E-state index contributed by atoms with van der Waals surface area (Å²) in [5, 5.41) is 6.33. The van der Waals surface area contributed by atoms with Crippen molar-refractivity contribution in [3.8, 4) is 0 Å². The predicted molar refractivity (Wildman–Crippen MR) is 74.9 cm³/mol. The van der Waals surface area contributed by atoms with Gasteiger partial charge in [-0.2, -0.15) is 0 Å². The molecule has 2 amide bonds. The molecular formula is C11H20ClN3O2S. The van der Waals surface area contributed by atoms with Gasteiger partial charge in [0.15, 0.2) is 0 Å². The van der Waals surface area contributed by atoms with E-state index in [9.17, 15) is 9.59 Å². The molecule has 5 nitrogen and oxygen atoms in total. The van der Waals surface area contributed by atoms with Gasteiger partial charge in [0.05, 0.1) is 11.6 Å². The second kappa shape index (κ2) is 7.21. The average Bonchev–Trinajstić information content (AvgIpc) is 2.68. The standard InChI is InChI=1S/C11H19N3O2S.ClH/c1-8-4-12-3-2-9(8)13-10(15)5-14-7-17-6-11(14)16;/h8-9,12H,2-7H2,1H3,(H,13,15);1H. The Balaban J connectivity index is 0.00000162. The summed E-state index contributed by atoms with van der Waals surface area (Å²) in [5.41, 5.74) is 0. The molecule has 0 bridgehead atoms. The van der Waals surface area contributed by atoms with Crippen molar-refractivity contribution in [2.24, 2.45) is 5.92 Å².